The second-order valence-corrected chi connectivity index (χ2v) is 6.40. The van der Waals surface area contributed by atoms with Crippen molar-refractivity contribution in [2.45, 2.75) is 33.5 Å². The van der Waals surface area contributed by atoms with Crippen LogP contribution in [0.4, 0.5) is 8.78 Å². The van der Waals surface area contributed by atoms with Gasteiger partial charge in [-0.3, -0.25) is 4.99 Å². The van der Waals surface area contributed by atoms with Crippen molar-refractivity contribution in [2.24, 2.45) is 4.99 Å². The second kappa shape index (κ2) is 9.96. The third kappa shape index (κ3) is 5.87. The van der Waals surface area contributed by atoms with Crippen LogP contribution in [0.1, 0.15) is 22.9 Å². The van der Waals surface area contributed by atoms with Gasteiger partial charge in [-0.2, -0.15) is 8.78 Å². The van der Waals surface area contributed by atoms with Crippen LogP contribution < -0.4 is 20.1 Å². The van der Waals surface area contributed by atoms with E-state index in [1.807, 2.05) is 0 Å². The Hall–Kier alpha value is -2.35. The van der Waals surface area contributed by atoms with Gasteiger partial charge in [-0.05, 0) is 48.6 Å². The van der Waals surface area contributed by atoms with Crippen LogP contribution in [-0.4, -0.2) is 26.2 Å². The molecule has 2 rings (SSSR count). The molecule has 0 atom stereocenters. The van der Waals surface area contributed by atoms with E-state index < -0.39 is 6.61 Å². The van der Waals surface area contributed by atoms with Crippen LogP contribution in [0.3, 0.4) is 0 Å². The van der Waals surface area contributed by atoms with Gasteiger partial charge in [-0.25, -0.2) is 0 Å². The highest BCUT2D eigenvalue weighted by Gasteiger charge is 2.12. The topological polar surface area (TPSA) is 54.9 Å². The summed E-state index contributed by atoms with van der Waals surface area (Å²) in [4.78, 5) is 5.44. The van der Waals surface area contributed by atoms with Crippen LogP contribution in [0.5, 0.6) is 11.5 Å². The summed E-state index contributed by atoms with van der Waals surface area (Å²) in [6.07, 6.45) is 0. The number of aliphatic imine (C=N–C) groups is 1. The van der Waals surface area contributed by atoms with E-state index in [1.165, 1.54) is 16.5 Å². The third-order valence-electron chi connectivity index (χ3n) is 3.59. The number of ether oxygens (including phenoxy) is 2. The zero-order valence-electron chi connectivity index (χ0n) is 15.0. The molecule has 8 heteroatoms. The van der Waals surface area contributed by atoms with Gasteiger partial charge in [0.2, 0.25) is 0 Å². The van der Waals surface area contributed by atoms with Crippen molar-refractivity contribution in [3.05, 3.63) is 45.6 Å². The lowest BCUT2D eigenvalue weighted by Gasteiger charge is -2.14. The van der Waals surface area contributed by atoms with Crippen LogP contribution in [0.25, 0.3) is 0 Å². The fourth-order valence-corrected chi connectivity index (χ4v) is 3.13. The maximum Gasteiger partial charge on any atom is 0.387 e. The molecule has 2 N–H and O–H groups in total. The van der Waals surface area contributed by atoms with E-state index in [4.69, 9.17) is 4.74 Å². The lowest BCUT2D eigenvalue weighted by Crippen LogP contribution is -2.36. The van der Waals surface area contributed by atoms with Crippen molar-refractivity contribution in [1.82, 2.24) is 10.6 Å². The molecule has 5 nitrogen and oxygen atoms in total. The number of hydrogen-bond acceptors (Lipinski definition) is 4. The average Bonchev–Trinajstić information content (AvgIpc) is 3.02. The number of rotatable bonds is 8. The molecule has 26 heavy (non-hydrogen) atoms. The fraction of sp³-hybridized carbons (Fsp3) is 0.389. The van der Waals surface area contributed by atoms with E-state index in [0.29, 0.717) is 31.4 Å². The molecule has 142 valence electrons. The van der Waals surface area contributed by atoms with E-state index >= 15 is 0 Å². The van der Waals surface area contributed by atoms with Crippen molar-refractivity contribution in [3.8, 4) is 11.5 Å². The van der Waals surface area contributed by atoms with Crippen molar-refractivity contribution in [2.75, 3.05) is 13.7 Å². The first-order chi connectivity index (χ1) is 12.5. The standard InChI is InChI=1S/C18H23F2N3O2S/c1-4-24-15-9-13(5-6-14(15)25-17(19)20)10-22-18(21-3)23-11-16-12(2)7-8-26-16/h5-9,17H,4,10-11H2,1-3H3,(H2,21,22,23). The molecule has 0 amide bonds. The maximum absolute atomic E-state index is 12.5. The summed E-state index contributed by atoms with van der Waals surface area (Å²) in [6.45, 7) is 2.49. The number of nitrogens with one attached hydrogen (secondary N) is 2. The van der Waals surface area contributed by atoms with Crippen LogP contribution in [-0.2, 0) is 13.1 Å². The molecule has 1 aromatic heterocycles. The molecule has 0 aliphatic heterocycles. The Morgan fingerprint density at radius 3 is 2.58 bits per heavy atom. The number of aryl methyl sites for hydroxylation is 1. The van der Waals surface area contributed by atoms with Gasteiger partial charge in [-0.1, -0.05) is 6.07 Å². The minimum absolute atomic E-state index is 0.0290. The molecule has 0 unspecified atom stereocenters. The lowest BCUT2D eigenvalue weighted by atomic mass is 10.2. The molecule has 1 aromatic carbocycles. The summed E-state index contributed by atoms with van der Waals surface area (Å²) in [7, 11) is 1.70. The van der Waals surface area contributed by atoms with Gasteiger partial charge in [-0.15, -0.1) is 11.3 Å². The SMILES string of the molecule is CCOc1cc(CNC(=NC)NCc2sccc2C)ccc1OC(F)F. The molecule has 0 radical (unpaired) electrons. The molecule has 0 saturated heterocycles. The van der Waals surface area contributed by atoms with E-state index in [-0.39, 0.29) is 5.75 Å². The molecule has 0 bridgehead atoms. The molecular weight excluding hydrogens is 360 g/mol. The number of halogens is 2. The molecule has 1 heterocycles. The van der Waals surface area contributed by atoms with E-state index in [0.717, 1.165) is 5.56 Å². The Labute approximate surface area is 156 Å². The predicted molar refractivity (Wildman–Crippen MR) is 100 cm³/mol. The summed E-state index contributed by atoms with van der Waals surface area (Å²) in [5, 5.41) is 8.51. The van der Waals surface area contributed by atoms with Crippen molar-refractivity contribution in [1.29, 1.82) is 0 Å². The number of alkyl halides is 2. The Morgan fingerprint density at radius 1 is 1.19 bits per heavy atom. The van der Waals surface area contributed by atoms with E-state index in [1.54, 1.807) is 37.4 Å². The number of nitrogens with zero attached hydrogens (tertiary/aromatic N) is 1. The molecular formula is C18H23F2N3O2S. The summed E-state index contributed by atoms with van der Waals surface area (Å²) < 4.78 is 34.8. The highest BCUT2D eigenvalue weighted by Crippen LogP contribution is 2.29. The highest BCUT2D eigenvalue weighted by molar-refractivity contribution is 7.10. The van der Waals surface area contributed by atoms with Crippen LogP contribution in [0.15, 0.2) is 34.6 Å². The van der Waals surface area contributed by atoms with Gasteiger partial charge in [0.15, 0.2) is 17.5 Å². The van der Waals surface area contributed by atoms with E-state index in [9.17, 15) is 8.78 Å². The Balaban J connectivity index is 1.96. The lowest BCUT2D eigenvalue weighted by molar-refractivity contribution is -0.0514. The highest BCUT2D eigenvalue weighted by atomic mass is 32.1. The van der Waals surface area contributed by atoms with E-state index in [2.05, 4.69) is 38.7 Å². The molecule has 0 spiro atoms. The second-order valence-electron chi connectivity index (χ2n) is 5.40. The molecule has 0 aliphatic rings. The Bertz CT molecular complexity index is 735. The summed E-state index contributed by atoms with van der Waals surface area (Å²) in [6, 6.07) is 6.96. The number of hydrogen-bond donors (Lipinski definition) is 2. The number of thiophene rings is 1. The summed E-state index contributed by atoms with van der Waals surface area (Å²) >= 11 is 1.69. The fourth-order valence-electron chi connectivity index (χ4n) is 2.28. The smallest absolute Gasteiger partial charge is 0.387 e. The minimum Gasteiger partial charge on any atom is -0.490 e. The first-order valence-corrected chi connectivity index (χ1v) is 9.09. The quantitative estimate of drug-likeness (QED) is 0.536. The Morgan fingerprint density at radius 2 is 1.96 bits per heavy atom. The average molecular weight is 383 g/mol. The minimum atomic E-state index is -2.89. The zero-order valence-corrected chi connectivity index (χ0v) is 15.8. The predicted octanol–water partition coefficient (Wildman–Crippen LogP) is 3.92. The number of guanidine groups is 1. The van der Waals surface area contributed by atoms with Crippen LogP contribution in [0.2, 0.25) is 0 Å². The Kier molecular flexibility index (Phi) is 7.65. The van der Waals surface area contributed by atoms with Gasteiger partial charge in [0.1, 0.15) is 0 Å². The molecule has 0 saturated carbocycles. The van der Waals surface area contributed by atoms with Gasteiger partial charge in [0.25, 0.3) is 0 Å². The summed E-state index contributed by atoms with van der Waals surface area (Å²) in [5.41, 5.74) is 2.11. The molecule has 0 aliphatic carbocycles. The van der Waals surface area contributed by atoms with Crippen molar-refractivity contribution in [3.63, 3.8) is 0 Å². The first-order valence-electron chi connectivity index (χ1n) is 8.21. The molecule has 2 aromatic rings. The largest absolute Gasteiger partial charge is 0.490 e. The van der Waals surface area contributed by atoms with Crippen LogP contribution >= 0.6 is 11.3 Å². The van der Waals surface area contributed by atoms with Gasteiger partial charge >= 0.3 is 6.61 Å². The van der Waals surface area contributed by atoms with Gasteiger partial charge in [0, 0.05) is 18.5 Å². The normalized spacial score (nSPS) is 11.5. The van der Waals surface area contributed by atoms with Crippen molar-refractivity contribution >= 4 is 17.3 Å². The molecule has 0 fully saturated rings. The zero-order chi connectivity index (χ0) is 18.9. The van der Waals surface area contributed by atoms with Crippen LogP contribution in [0, 0.1) is 6.92 Å². The van der Waals surface area contributed by atoms with Gasteiger partial charge in [0.05, 0.1) is 13.2 Å². The first kappa shape index (κ1) is 20.0. The maximum atomic E-state index is 12.5. The monoisotopic (exact) mass is 383 g/mol. The third-order valence-corrected chi connectivity index (χ3v) is 4.62. The summed E-state index contributed by atoms with van der Waals surface area (Å²) in [5.74, 6) is 0.981. The van der Waals surface area contributed by atoms with Crippen molar-refractivity contribution < 1.29 is 18.3 Å². The number of benzene rings is 1. The van der Waals surface area contributed by atoms with Gasteiger partial charge < -0.3 is 20.1 Å².